The first kappa shape index (κ1) is 15.5. The minimum atomic E-state index is -0.797. The van der Waals surface area contributed by atoms with Gasteiger partial charge >= 0.3 is 5.97 Å². The van der Waals surface area contributed by atoms with Gasteiger partial charge in [0.05, 0.1) is 5.92 Å². The van der Waals surface area contributed by atoms with Crippen LogP contribution < -0.4 is 10.9 Å². The zero-order chi connectivity index (χ0) is 15.4. The Morgan fingerprint density at radius 3 is 2.76 bits per heavy atom. The predicted octanol–water partition coefficient (Wildman–Crippen LogP) is 2.27. The van der Waals surface area contributed by atoms with Crippen molar-refractivity contribution in [3.63, 3.8) is 0 Å². The molecule has 0 spiro atoms. The molecule has 0 amide bonds. The molecule has 116 valence electrons. The van der Waals surface area contributed by atoms with E-state index in [0.717, 1.165) is 25.7 Å². The van der Waals surface area contributed by atoms with Crippen LogP contribution in [-0.2, 0) is 4.79 Å². The highest BCUT2D eigenvalue weighted by atomic mass is 16.4. The second-order valence-electron chi connectivity index (χ2n) is 5.92. The fourth-order valence-electron chi connectivity index (χ4n) is 2.88. The monoisotopic (exact) mass is 293 g/mol. The van der Waals surface area contributed by atoms with Crippen LogP contribution in [0.4, 0.5) is 5.82 Å². The third-order valence-corrected chi connectivity index (χ3v) is 4.08. The van der Waals surface area contributed by atoms with Gasteiger partial charge in [0.1, 0.15) is 0 Å². The molecule has 1 aromatic heterocycles. The summed E-state index contributed by atoms with van der Waals surface area (Å²) in [6.45, 7) is 3.85. The van der Waals surface area contributed by atoms with E-state index in [1.165, 1.54) is 0 Å². The van der Waals surface area contributed by atoms with Crippen LogP contribution in [0.3, 0.4) is 0 Å². The Morgan fingerprint density at radius 1 is 1.38 bits per heavy atom. The maximum absolute atomic E-state index is 12.3. The number of carboxylic acid groups (broad SMARTS) is 1. The van der Waals surface area contributed by atoms with E-state index >= 15 is 0 Å². The molecule has 6 heteroatoms. The molecule has 1 fully saturated rings. The summed E-state index contributed by atoms with van der Waals surface area (Å²) in [5.41, 5.74) is -0.194. The molecule has 6 nitrogen and oxygen atoms in total. The number of nitrogens with one attached hydrogen (secondary N) is 1. The molecule has 0 aromatic carbocycles. The lowest BCUT2D eigenvalue weighted by Gasteiger charge is -2.23. The average molecular weight is 293 g/mol. The van der Waals surface area contributed by atoms with Crippen molar-refractivity contribution in [1.82, 2.24) is 9.55 Å². The largest absolute Gasteiger partial charge is 0.481 e. The molecule has 1 aliphatic carbocycles. The van der Waals surface area contributed by atoms with Gasteiger partial charge in [0.2, 0.25) is 0 Å². The van der Waals surface area contributed by atoms with E-state index in [1.54, 1.807) is 17.0 Å². The van der Waals surface area contributed by atoms with Crippen molar-refractivity contribution in [3.8, 4) is 0 Å². The number of hydrogen-bond donors (Lipinski definition) is 2. The van der Waals surface area contributed by atoms with E-state index in [1.807, 2.05) is 13.8 Å². The number of hydrogen-bond acceptors (Lipinski definition) is 4. The van der Waals surface area contributed by atoms with Gasteiger partial charge in [-0.1, -0.05) is 19.3 Å². The summed E-state index contributed by atoms with van der Waals surface area (Å²) >= 11 is 0. The highest BCUT2D eigenvalue weighted by Gasteiger charge is 2.30. The number of rotatable bonds is 4. The Morgan fingerprint density at radius 2 is 2.10 bits per heavy atom. The van der Waals surface area contributed by atoms with E-state index in [0.29, 0.717) is 6.42 Å². The molecule has 0 saturated heterocycles. The van der Waals surface area contributed by atoms with E-state index in [2.05, 4.69) is 10.3 Å². The third kappa shape index (κ3) is 3.62. The molecule has 0 bridgehead atoms. The summed E-state index contributed by atoms with van der Waals surface area (Å²) in [7, 11) is 0. The molecule has 2 atom stereocenters. The predicted molar refractivity (Wildman–Crippen MR) is 80.5 cm³/mol. The first-order chi connectivity index (χ1) is 10.0. The van der Waals surface area contributed by atoms with E-state index in [-0.39, 0.29) is 23.5 Å². The Labute approximate surface area is 124 Å². The number of carboxylic acids is 1. The van der Waals surface area contributed by atoms with Crippen molar-refractivity contribution in [2.45, 2.75) is 58.0 Å². The fourth-order valence-corrected chi connectivity index (χ4v) is 2.88. The zero-order valence-electron chi connectivity index (χ0n) is 12.6. The molecule has 1 saturated carbocycles. The summed E-state index contributed by atoms with van der Waals surface area (Å²) in [5, 5.41) is 12.5. The van der Waals surface area contributed by atoms with Crippen molar-refractivity contribution in [2.24, 2.45) is 5.92 Å². The van der Waals surface area contributed by atoms with Crippen molar-refractivity contribution in [3.05, 3.63) is 22.7 Å². The summed E-state index contributed by atoms with van der Waals surface area (Å²) in [6.07, 6.45) is 7.59. The maximum Gasteiger partial charge on any atom is 0.308 e. The molecule has 2 N–H and O–H groups in total. The van der Waals surface area contributed by atoms with Crippen LogP contribution in [0.2, 0.25) is 0 Å². The van der Waals surface area contributed by atoms with Crippen LogP contribution in [0.5, 0.6) is 0 Å². The first-order valence-electron chi connectivity index (χ1n) is 7.57. The molecule has 2 unspecified atom stereocenters. The lowest BCUT2D eigenvalue weighted by molar-refractivity contribution is -0.142. The lowest BCUT2D eigenvalue weighted by atomic mass is 9.95. The summed E-state index contributed by atoms with van der Waals surface area (Å²) in [4.78, 5) is 27.9. The molecule has 0 radical (unpaired) electrons. The Hall–Kier alpha value is -1.85. The van der Waals surface area contributed by atoms with Gasteiger partial charge in [-0.15, -0.1) is 0 Å². The van der Waals surface area contributed by atoms with Gasteiger partial charge < -0.3 is 15.0 Å². The van der Waals surface area contributed by atoms with Gasteiger partial charge in [0, 0.05) is 24.5 Å². The van der Waals surface area contributed by atoms with Gasteiger partial charge in [0.25, 0.3) is 5.56 Å². The zero-order valence-corrected chi connectivity index (χ0v) is 12.6. The quantitative estimate of drug-likeness (QED) is 0.832. The third-order valence-electron chi connectivity index (χ3n) is 4.08. The van der Waals surface area contributed by atoms with Crippen LogP contribution in [0.1, 0.15) is 52.0 Å². The molecular formula is C15H23N3O3. The summed E-state index contributed by atoms with van der Waals surface area (Å²) in [6, 6.07) is -0.182. The lowest BCUT2D eigenvalue weighted by Crippen LogP contribution is -2.37. The standard InChI is InChI=1S/C15H23N3O3/c1-10(2)18-9-8-16-13(14(18)19)17-12-7-5-3-4-6-11(12)15(20)21/h8-12H,3-7H2,1-2H3,(H,16,17)(H,20,21). The van der Waals surface area contributed by atoms with Crippen LogP contribution in [0.25, 0.3) is 0 Å². The van der Waals surface area contributed by atoms with Gasteiger partial charge in [-0.3, -0.25) is 9.59 Å². The minimum absolute atomic E-state index is 0.0467. The van der Waals surface area contributed by atoms with Gasteiger partial charge in [-0.25, -0.2) is 4.98 Å². The van der Waals surface area contributed by atoms with Gasteiger partial charge in [-0.2, -0.15) is 0 Å². The van der Waals surface area contributed by atoms with E-state index in [9.17, 15) is 14.7 Å². The number of nitrogens with zero attached hydrogens (tertiary/aromatic N) is 2. The topological polar surface area (TPSA) is 84.2 Å². The second kappa shape index (κ2) is 6.74. The van der Waals surface area contributed by atoms with Crippen molar-refractivity contribution >= 4 is 11.8 Å². The van der Waals surface area contributed by atoms with E-state index in [4.69, 9.17) is 0 Å². The highest BCUT2D eigenvalue weighted by Crippen LogP contribution is 2.25. The fraction of sp³-hybridized carbons (Fsp3) is 0.667. The molecule has 1 aromatic rings. The van der Waals surface area contributed by atoms with Crippen molar-refractivity contribution in [2.75, 3.05) is 5.32 Å². The summed E-state index contributed by atoms with van der Waals surface area (Å²) in [5.74, 6) is -1.000. The van der Waals surface area contributed by atoms with Gasteiger partial charge in [-0.05, 0) is 26.7 Å². The smallest absolute Gasteiger partial charge is 0.308 e. The van der Waals surface area contributed by atoms with Crippen LogP contribution in [0, 0.1) is 5.92 Å². The number of aromatic nitrogens is 2. The minimum Gasteiger partial charge on any atom is -0.481 e. The van der Waals surface area contributed by atoms with Crippen molar-refractivity contribution in [1.29, 1.82) is 0 Å². The number of carbonyl (C=O) groups is 1. The number of anilines is 1. The molecule has 1 aliphatic rings. The Kier molecular flexibility index (Phi) is 4.98. The molecule has 1 heterocycles. The molecule has 2 rings (SSSR count). The maximum atomic E-state index is 12.3. The highest BCUT2D eigenvalue weighted by molar-refractivity contribution is 5.71. The van der Waals surface area contributed by atoms with Crippen molar-refractivity contribution < 1.29 is 9.90 Å². The summed E-state index contributed by atoms with van der Waals surface area (Å²) < 4.78 is 1.60. The average Bonchev–Trinajstić information content (AvgIpc) is 2.66. The number of aliphatic carboxylic acids is 1. The molecule has 21 heavy (non-hydrogen) atoms. The SMILES string of the molecule is CC(C)n1ccnc(NC2CCCCCC2C(=O)O)c1=O. The van der Waals surface area contributed by atoms with Crippen LogP contribution in [-0.4, -0.2) is 26.7 Å². The van der Waals surface area contributed by atoms with Crippen LogP contribution in [0.15, 0.2) is 17.2 Å². The molecule has 0 aliphatic heterocycles. The molecular weight excluding hydrogens is 270 g/mol. The normalized spacial score (nSPS) is 22.8. The van der Waals surface area contributed by atoms with E-state index < -0.39 is 11.9 Å². The first-order valence-corrected chi connectivity index (χ1v) is 7.57. The second-order valence-corrected chi connectivity index (χ2v) is 5.92. The van der Waals surface area contributed by atoms with Gasteiger partial charge in [0.15, 0.2) is 5.82 Å². The Bertz CT molecular complexity index is 553. The Balaban J connectivity index is 2.25. The van der Waals surface area contributed by atoms with Crippen LogP contribution >= 0.6 is 0 Å².